The summed E-state index contributed by atoms with van der Waals surface area (Å²) in [6.45, 7) is 6.35. The Morgan fingerprint density at radius 3 is 2.53 bits per heavy atom. The van der Waals surface area contributed by atoms with Crippen LogP contribution in [0.25, 0.3) is 0 Å². The standard InChI is InChI=1S/C11H15ClO3/c1-11(2,3)9-7(5-14-4)8(6-15-9)10(12)13/h6H,5H2,1-4H3. The van der Waals surface area contributed by atoms with Crippen molar-refractivity contribution in [3.63, 3.8) is 0 Å². The molecule has 15 heavy (non-hydrogen) atoms. The molecule has 4 heteroatoms. The van der Waals surface area contributed by atoms with Crippen LogP contribution in [0.5, 0.6) is 0 Å². The number of halogens is 1. The van der Waals surface area contributed by atoms with Gasteiger partial charge in [-0.15, -0.1) is 0 Å². The summed E-state index contributed by atoms with van der Waals surface area (Å²) in [6, 6.07) is 0. The van der Waals surface area contributed by atoms with Crippen molar-refractivity contribution in [2.45, 2.75) is 32.8 Å². The average molecular weight is 231 g/mol. The number of rotatable bonds is 3. The van der Waals surface area contributed by atoms with Gasteiger partial charge in [0.05, 0.1) is 12.2 Å². The van der Waals surface area contributed by atoms with Crippen LogP contribution in [0.1, 0.15) is 42.5 Å². The number of hydrogen-bond donors (Lipinski definition) is 0. The summed E-state index contributed by atoms with van der Waals surface area (Å²) in [5, 5.41) is -0.513. The third-order valence-electron chi connectivity index (χ3n) is 2.08. The molecule has 0 saturated carbocycles. The van der Waals surface area contributed by atoms with Crippen molar-refractivity contribution in [1.82, 2.24) is 0 Å². The monoisotopic (exact) mass is 230 g/mol. The lowest BCUT2D eigenvalue weighted by Crippen LogP contribution is -2.13. The van der Waals surface area contributed by atoms with Gasteiger partial charge in [-0.25, -0.2) is 0 Å². The van der Waals surface area contributed by atoms with Crippen LogP contribution >= 0.6 is 11.6 Å². The molecule has 0 atom stereocenters. The zero-order chi connectivity index (χ0) is 11.6. The Morgan fingerprint density at radius 1 is 1.53 bits per heavy atom. The summed E-state index contributed by atoms with van der Waals surface area (Å²) in [5.74, 6) is 0.744. The lowest BCUT2D eigenvalue weighted by atomic mass is 9.90. The van der Waals surface area contributed by atoms with Gasteiger partial charge in [-0.1, -0.05) is 20.8 Å². The fourth-order valence-corrected chi connectivity index (χ4v) is 1.62. The smallest absolute Gasteiger partial charge is 0.256 e. The second kappa shape index (κ2) is 4.37. The van der Waals surface area contributed by atoms with E-state index in [1.807, 2.05) is 20.8 Å². The minimum absolute atomic E-state index is 0.168. The van der Waals surface area contributed by atoms with E-state index in [0.717, 1.165) is 11.3 Å². The third-order valence-corrected chi connectivity index (χ3v) is 2.28. The largest absolute Gasteiger partial charge is 0.468 e. The lowest BCUT2D eigenvalue weighted by molar-refractivity contribution is 0.107. The number of ether oxygens (including phenoxy) is 1. The van der Waals surface area contributed by atoms with Gasteiger partial charge in [0.1, 0.15) is 12.0 Å². The predicted octanol–water partition coefficient (Wildman–Crippen LogP) is 3.10. The number of carbonyl (C=O) groups excluding carboxylic acids is 1. The summed E-state index contributed by atoms with van der Waals surface area (Å²) >= 11 is 5.45. The van der Waals surface area contributed by atoms with Gasteiger partial charge in [0, 0.05) is 18.1 Å². The first-order valence-corrected chi connectivity index (χ1v) is 5.05. The zero-order valence-corrected chi connectivity index (χ0v) is 10.1. The Labute approximate surface area is 94.4 Å². The Bertz CT molecular complexity index is 360. The highest BCUT2D eigenvalue weighted by Gasteiger charge is 2.26. The molecule has 0 aliphatic rings. The molecule has 0 bridgehead atoms. The first-order valence-electron chi connectivity index (χ1n) is 4.67. The minimum atomic E-state index is -0.513. The highest BCUT2D eigenvalue weighted by molar-refractivity contribution is 6.67. The highest BCUT2D eigenvalue weighted by Crippen LogP contribution is 2.30. The fraction of sp³-hybridized carbons (Fsp3) is 0.545. The molecule has 0 N–H and O–H groups in total. The second-order valence-corrected chi connectivity index (χ2v) is 4.76. The van der Waals surface area contributed by atoms with Gasteiger partial charge >= 0.3 is 0 Å². The number of furan rings is 1. The maximum Gasteiger partial charge on any atom is 0.256 e. The molecule has 0 unspecified atom stereocenters. The summed E-state index contributed by atoms with van der Waals surface area (Å²) in [5.41, 5.74) is 0.965. The van der Waals surface area contributed by atoms with E-state index in [1.54, 1.807) is 7.11 Å². The maximum absolute atomic E-state index is 11.1. The summed E-state index contributed by atoms with van der Waals surface area (Å²) in [4.78, 5) is 11.1. The van der Waals surface area contributed by atoms with Crippen LogP contribution in [0, 0.1) is 0 Å². The van der Waals surface area contributed by atoms with Crippen molar-refractivity contribution in [2.24, 2.45) is 0 Å². The van der Waals surface area contributed by atoms with Crippen LogP contribution in [-0.4, -0.2) is 12.4 Å². The Morgan fingerprint density at radius 2 is 2.13 bits per heavy atom. The molecule has 1 aromatic heterocycles. The van der Waals surface area contributed by atoms with Crippen molar-refractivity contribution in [3.05, 3.63) is 23.2 Å². The van der Waals surface area contributed by atoms with Gasteiger partial charge in [-0.3, -0.25) is 4.79 Å². The fourth-order valence-electron chi connectivity index (χ4n) is 1.46. The van der Waals surface area contributed by atoms with Gasteiger partial charge in [0.2, 0.25) is 0 Å². The molecule has 0 saturated heterocycles. The Kier molecular flexibility index (Phi) is 3.58. The topological polar surface area (TPSA) is 39.4 Å². The molecule has 84 valence electrons. The average Bonchev–Trinajstić information content (AvgIpc) is 2.47. The summed E-state index contributed by atoms with van der Waals surface area (Å²) < 4.78 is 10.4. The van der Waals surface area contributed by atoms with Crippen molar-refractivity contribution in [1.29, 1.82) is 0 Å². The van der Waals surface area contributed by atoms with Crippen LogP contribution in [0.3, 0.4) is 0 Å². The van der Waals surface area contributed by atoms with Crippen LogP contribution in [-0.2, 0) is 16.8 Å². The van der Waals surface area contributed by atoms with Gasteiger partial charge < -0.3 is 9.15 Å². The first kappa shape index (κ1) is 12.3. The van der Waals surface area contributed by atoms with Crippen LogP contribution in [0.15, 0.2) is 10.7 Å². The molecule has 0 fully saturated rings. The van der Waals surface area contributed by atoms with E-state index in [0.29, 0.717) is 12.2 Å². The molecule has 1 aromatic rings. The molecule has 0 amide bonds. The molecule has 0 aromatic carbocycles. The highest BCUT2D eigenvalue weighted by atomic mass is 35.5. The summed E-state index contributed by atoms with van der Waals surface area (Å²) in [7, 11) is 1.57. The van der Waals surface area contributed by atoms with E-state index in [1.165, 1.54) is 6.26 Å². The molecule has 0 spiro atoms. The molecular formula is C11H15ClO3. The van der Waals surface area contributed by atoms with Gasteiger partial charge in [-0.2, -0.15) is 0 Å². The van der Waals surface area contributed by atoms with Gasteiger partial charge in [0.25, 0.3) is 5.24 Å². The first-order chi connectivity index (χ1) is 6.88. The van der Waals surface area contributed by atoms with E-state index in [4.69, 9.17) is 20.8 Å². The molecule has 3 nitrogen and oxygen atoms in total. The van der Waals surface area contributed by atoms with Crippen molar-refractivity contribution < 1.29 is 13.9 Å². The van der Waals surface area contributed by atoms with E-state index >= 15 is 0 Å². The quantitative estimate of drug-likeness (QED) is 0.749. The second-order valence-electron chi connectivity index (χ2n) is 4.41. The molecule has 1 heterocycles. The van der Waals surface area contributed by atoms with Crippen molar-refractivity contribution >= 4 is 16.8 Å². The number of methoxy groups -OCH3 is 1. The normalized spacial score (nSPS) is 11.8. The molecule has 0 radical (unpaired) electrons. The number of hydrogen-bond acceptors (Lipinski definition) is 3. The lowest BCUT2D eigenvalue weighted by Gasteiger charge is -2.17. The number of carbonyl (C=O) groups is 1. The molecule has 0 aliphatic heterocycles. The van der Waals surface area contributed by atoms with Crippen LogP contribution < -0.4 is 0 Å². The Hall–Kier alpha value is -0.800. The maximum atomic E-state index is 11.1. The van der Waals surface area contributed by atoms with E-state index in [9.17, 15) is 4.79 Å². The van der Waals surface area contributed by atoms with Crippen LogP contribution in [0.2, 0.25) is 0 Å². The van der Waals surface area contributed by atoms with E-state index < -0.39 is 5.24 Å². The third kappa shape index (κ3) is 2.61. The van der Waals surface area contributed by atoms with Crippen molar-refractivity contribution in [3.8, 4) is 0 Å². The molecule has 1 rings (SSSR count). The minimum Gasteiger partial charge on any atom is -0.468 e. The van der Waals surface area contributed by atoms with Gasteiger partial charge in [-0.05, 0) is 11.6 Å². The van der Waals surface area contributed by atoms with Gasteiger partial charge in [0.15, 0.2) is 0 Å². The molecule has 0 aliphatic carbocycles. The van der Waals surface area contributed by atoms with E-state index in [2.05, 4.69) is 0 Å². The summed E-state index contributed by atoms with van der Waals surface area (Å²) in [6.07, 6.45) is 1.39. The SMILES string of the molecule is COCc1c(C(=O)Cl)coc1C(C)(C)C. The van der Waals surface area contributed by atoms with Crippen molar-refractivity contribution in [2.75, 3.05) is 7.11 Å². The van der Waals surface area contributed by atoms with E-state index in [-0.39, 0.29) is 5.41 Å². The zero-order valence-electron chi connectivity index (χ0n) is 9.39. The molecular weight excluding hydrogens is 216 g/mol. The Balaban J connectivity index is 3.24. The van der Waals surface area contributed by atoms with Crippen LogP contribution in [0.4, 0.5) is 0 Å². The predicted molar refractivity (Wildman–Crippen MR) is 58.3 cm³/mol.